The molecule has 1 unspecified atom stereocenters. The number of nitrogens with zero attached hydrogens (tertiary/aromatic N) is 2. The molecule has 4 rings (SSSR count). The molecule has 1 saturated heterocycles. The van der Waals surface area contributed by atoms with Crippen LogP contribution in [0.3, 0.4) is 0 Å². The Balaban J connectivity index is 1.19. The van der Waals surface area contributed by atoms with Gasteiger partial charge in [0.15, 0.2) is 0 Å². The quantitative estimate of drug-likeness (QED) is 0.265. The number of benzene rings is 3. The Morgan fingerprint density at radius 2 is 1.50 bits per heavy atom. The lowest BCUT2D eigenvalue weighted by Crippen LogP contribution is -2.33. The summed E-state index contributed by atoms with van der Waals surface area (Å²) in [6.07, 6.45) is 2.09. The molecule has 1 fully saturated rings. The molecule has 1 aliphatic rings. The van der Waals surface area contributed by atoms with Gasteiger partial charge in [0.05, 0.1) is 11.5 Å². The molecule has 7 heteroatoms. The zero-order chi connectivity index (χ0) is 22.2. The van der Waals surface area contributed by atoms with Gasteiger partial charge < -0.3 is 4.84 Å². The second-order valence-corrected chi connectivity index (χ2v) is 8.24. The number of imide groups is 1. The monoisotopic (exact) mass is 446 g/mol. The maximum absolute atomic E-state index is 12.4. The minimum absolute atomic E-state index is 0.0420. The van der Waals surface area contributed by atoms with Crippen molar-refractivity contribution in [2.24, 2.45) is 5.16 Å². The summed E-state index contributed by atoms with van der Waals surface area (Å²) in [7, 11) is 0. The van der Waals surface area contributed by atoms with Gasteiger partial charge in [-0.2, -0.15) is 0 Å². The molecule has 0 saturated carbocycles. The number of thioether (sulfide) groups is 1. The summed E-state index contributed by atoms with van der Waals surface area (Å²) in [4.78, 5) is 35.1. The third-order valence-electron chi connectivity index (χ3n) is 4.84. The van der Waals surface area contributed by atoms with Gasteiger partial charge in [0.2, 0.25) is 0 Å². The number of carbonyl (C=O) groups excluding carboxylic acids is 2. The van der Waals surface area contributed by atoms with Crippen molar-refractivity contribution in [3.05, 3.63) is 96.1 Å². The predicted molar refractivity (Wildman–Crippen MR) is 125 cm³/mol. The van der Waals surface area contributed by atoms with E-state index in [0.717, 1.165) is 39.1 Å². The van der Waals surface area contributed by atoms with Crippen molar-refractivity contribution in [1.82, 2.24) is 5.06 Å². The van der Waals surface area contributed by atoms with Crippen molar-refractivity contribution < 1.29 is 19.3 Å². The first-order valence-corrected chi connectivity index (χ1v) is 11.1. The van der Waals surface area contributed by atoms with Crippen LogP contribution in [0, 0.1) is 0 Å². The second kappa shape index (κ2) is 10.7. The van der Waals surface area contributed by atoms with E-state index in [9.17, 15) is 9.59 Å². The lowest BCUT2D eigenvalue weighted by Gasteiger charge is -2.12. The van der Waals surface area contributed by atoms with E-state index in [0.29, 0.717) is 6.42 Å². The van der Waals surface area contributed by atoms with Gasteiger partial charge in [-0.05, 0) is 40.4 Å². The van der Waals surface area contributed by atoms with E-state index in [2.05, 4.69) is 17.3 Å². The molecule has 1 aliphatic heterocycles. The van der Waals surface area contributed by atoms with Crippen LogP contribution in [0.15, 0.2) is 90.1 Å². The van der Waals surface area contributed by atoms with Crippen LogP contribution in [-0.2, 0) is 20.9 Å². The Kier molecular flexibility index (Phi) is 7.32. The average Bonchev–Trinajstić information content (AvgIpc) is 3.10. The fraction of sp³-hybridized carbons (Fsp3) is 0.160. The van der Waals surface area contributed by atoms with Gasteiger partial charge in [-0.1, -0.05) is 90.1 Å². The van der Waals surface area contributed by atoms with Crippen molar-refractivity contribution in [2.75, 3.05) is 13.2 Å². The van der Waals surface area contributed by atoms with Crippen LogP contribution in [0.25, 0.3) is 11.1 Å². The first-order valence-electron chi connectivity index (χ1n) is 10.2. The number of hydroxylamine groups is 2. The van der Waals surface area contributed by atoms with Crippen LogP contribution in [0.1, 0.15) is 11.1 Å². The van der Waals surface area contributed by atoms with Gasteiger partial charge in [-0.3, -0.25) is 14.4 Å². The fourth-order valence-corrected chi connectivity index (χ4v) is 4.18. The van der Waals surface area contributed by atoms with Crippen LogP contribution in [0.2, 0.25) is 0 Å². The molecular formula is C25H22N2O4S. The normalized spacial score (nSPS) is 16.1. The molecule has 0 N–H and O–H groups in total. The van der Waals surface area contributed by atoms with E-state index >= 15 is 0 Å². The van der Waals surface area contributed by atoms with Crippen LogP contribution >= 0.6 is 11.8 Å². The highest BCUT2D eigenvalue weighted by Gasteiger charge is 2.40. The zero-order valence-corrected chi connectivity index (χ0v) is 18.1. The van der Waals surface area contributed by atoms with Gasteiger partial charge in [0, 0.05) is 0 Å². The number of hydrogen-bond acceptors (Lipinski definition) is 6. The number of amides is 2. The summed E-state index contributed by atoms with van der Waals surface area (Å²) < 4.78 is 0. The molecule has 1 atom stereocenters. The van der Waals surface area contributed by atoms with Gasteiger partial charge >= 0.3 is 5.24 Å². The Bertz CT molecular complexity index is 1070. The first kappa shape index (κ1) is 21.8. The molecule has 162 valence electrons. The van der Waals surface area contributed by atoms with Gasteiger partial charge in [-0.25, -0.2) is 0 Å². The maximum atomic E-state index is 12.4. The van der Waals surface area contributed by atoms with Crippen molar-refractivity contribution in [3.8, 4) is 11.1 Å². The maximum Gasteiger partial charge on any atom is 0.313 e. The van der Waals surface area contributed by atoms with Crippen molar-refractivity contribution >= 4 is 29.1 Å². The van der Waals surface area contributed by atoms with Gasteiger partial charge in [0.1, 0.15) is 13.2 Å². The summed E-state index contributed by atoms with van der Waals surface area (Å²) in [6.45, 7) is 0.157. The SMILES string of the molecule is O=C1SC(Cc2ccccc2)C(=O)N1OCCO/N=C/c1ccc(-c2ccccc2)cc1. The standard InChI is InChI=1S/C25H22N2O4S/c28-24-23(17-19-7-3-1-4-8-19)32-25(29)27(24)31-16-15-30-26-18-20-11-13-22(14-12-20)21-9-5-2-6-10-21/h1-14,18,23H,15-17H2/b26-18+. The molecule has 0 aliphatic carbocycles. The molecule has 3 aromatic rings. The number of rotatable bonds is 9. The summed E-state index contributed by atoms with van der Waals surface area (Å²) in [5.74, 6) is -0.342. The van der Waals surface area contributed by atoms with E-state index in [1.165, 1.54) is 0 Å². The van der Waals surface area contributed by atoms with Crippen molar-refractivity contribution in [2.45, 2.75) is 11.7 Å². The topological polar surface area (TPSA) is 68.2 Å². The Hall–Kier alpha value is -3.42. The molecule has 1 heterocycles. The minimum Gasteiger partial charge on any atom is -0.393 e. The largest absolute Gasteiger partial charge is 0.393 e. The third-order valence-corrected chi connectivity index (χ3v) is 5.86. The summed E-state index contributed by atoms with van der Waals surface area (Å²) >= 11 is 0.984. The number of oxime groups is 1. The second-order valence-electron chi connectivity index (χ2n) is 7.08. The van der Waals surface area contributed by atoms with Gasteiger partial charge in [0.25, 0.3) is 5.91 Å². The molecule has 32 heavy (non-hydrogen) atoms. The highest BCUT2D eigenvalue weighted by molar-refractivity contribution is 8.15. The van der Waals surface area contributed by atoms with Crippen LogP contribution in [0.5, 0.6) is 0 Å². The number of carbonyl (C=O) groups is 2. The highest BCUT2D eigenvalue weighted by Crippen LogP contribution is 2.29. The van der Waals surface area contributed by atoms with Crippen LogP contribution in [0.4, 0.5) is 4.79 Å². The fourth-order valence-electron chi connectivity index (χ4n) is 3.22. The minimum atomic E-state index is -0.470. The lowest BCUT2D eigenvalue weighted by molar-refractivity contribution is -0.167. The molecule has 0 radical (unpaired) electrons. The summed E-state index contributed by atoms with van der Waals surface area (Å²) in [5, 5.41) is 3.87. The predicted octanol–water partition coefficient (Wildman–Crippen LogP) is 4.94. The molecule has 2 amide bonds. The van der Waals surface area contributed by atoms with Gasteiger partial charge in [-0.15, -0.1) is 5.06 Å². The zero-order valence-electron chi connectivity index (χ0n) is 17.3. The van der Waals surface area contributed by atoms with E-state index in [1.807, 2.05) is 72.8 Å². The van der Waals surface area contributed by atoms with E-state index in [4.69, 9.17) is 9.68 Å². The molecule has 3 aromatic carbocycles. The Morgan fingerprint density at radius 1 is 0.844 bits per heavy atom. The summed E-state index contributed by atoms with van der Waals surface area (Å²) in [5.41, 5.74) is 4.18. The van der Waals surface area contributed by atoms with Crippen molar-refractivity contribution in [3.63, 3.8) is 0 Å². The summed E-state index contributed by atoms with van der Waals surface area (Å²) in [6, 6.07) is 27.7. The molecule has 0 bridgehead atoms. The Morgan fingerprint density at radius 3 is 2.22 bits per heavy atom. The Labute approximate surface area is 190 Å². The third kappa shape index (κ3) is 5.63. The van der Waals surface area contributed by atoms with Crippen LogP contribution in [-0.4, -0.2) is 40.9 Å². The molecular weight excluding hydrogens is 424 g/mol. The average molecular weight is 447 g/mol. The highest BCUT2D eigenvalue weighted by atomic mass is 32.2. The van der Waals surface area contributed by atoms with Crippen molar-refractivity contribution in [1.29, 1.82) is 0 Å². The van der Waals surface area contributed by atoms with Crippen LogP contribution < -0.4 is 0 Å². The van der Waals surface area contributed by atoms with E-state index in [1.54, 1.807) is 6.21 Å². The van der Waals surface area contributed by atoms with E-state index < -0.39 is 10.5 Å². The molecule has 6 nitrogen and oxygen atoms in total. The van der Waals surface area contributed by atoms with E-state index in [-0.39, 0.29) is 19.1 Å². The molecule has 0 spiro atoms. The number of hydrogen-bond donors (Lipinski definition) is 0. The lowest BCUT2D eigenvalue weighted by atomic mass is 10.0. The smallest absolute Gasteiger partial charge is 0.313 e. The molecule has 0 aromatic heterocycles. The first-order chi connectivity index (χ1) is 15.7.